The zero-order valence-corrected chi connectivity index (χ0v) is 12.8. The molecule has 2 N–H and O–H groups in total. The minimum Gasteiger partial charge on any atom is -0.494 e. The normalized spacial score (nSPS) is 23.1. The van der Waals surface area contributed by atoms with Crippen molar-refractivity contribution in [1.82, 2.24) is 4.90 Å². The minimum absolute atomic E-state index is 0.486. The maximum Gasteiger partial charge on any atom is 0.119 e. The van der Waals surface area contributed by atoms with Crippen molar-refractivity contribution < 1.29 is 4.74 Å². The van der Waals surface area contributed by atoms with Crippen LogP contribution in [0.25, 0.3) is 0 Å². The number of nitrogens with zero attached hydrogens (tertiary/aromatic N) is 1. The van der Waals surface area contributed by atoms with E-state index >= 15 is 0 Å². The van der Waals surface area contributed by atoms with Gasteiger partial charge in [0.1, 0.15) is 5.75 Å². The molecule has 3 heteroatoms. The molecule has 0 spiro atoms. The quantitative estimate of drug-likeness (QED) is 0.831. The van der Waals surface area contributed by atoms with Gasteiger partial charge in [0.25, 0.3) is 0 Å². The molecule has 20 heavy (non-hydrogen) atoms. The maximum absolute atomic E-state index is 5.96. The van der Waals surface area contributed by atoms with Crippen LogP contribution in [0.4, 0.5) is 0 Å². The van der Waals surface area contributed by atoms with Gasteiger partial charge in [-0.1, -0.05) is 26.0 Å². The Bertz CT molecular complexity index is 390. The Balaban J connectivity index is 2.10. The molecule has 1 aliphatic rings. The fourth-order valence-corrected chi connectivity index (χ4v) is 3.18. The lowest BCUT2D eigenvalue weighted by Gasteiger charge is -2.28. The number of likely N-dealkylation sites (tertiary alicyclic amines) is 1. The van der Waals surface area contributed by atoms with E-state index in [0.29, 0.717) is 12.0 Å². The van der Waals surface area contributed by atoms with Crippen molar-refractivity contribution in [2.24, 2.45) is 11.7 Å². The van der Waals surface area contributed by atoms with Crippen LogP contribution in [-0.4, -0.2) is 31.1 Å². The van der Waals surface area contributed by atoms with E-state index in [2.05, 4.69) is 43.0 Å². The van der Waals surface area contributed by atoms with Crippen molar-refractivity contribution in [3.05, 3.63) is 29.8 Å². The second-order valence-corrected chi connectivity index (χ2v) is 5.68. The standard InChI is InChI=1S/C17H28N2O/c1-3-10-19-11-9-15(13-18)17(19)14-5-7-16(8-6-14)20-12-4-2/h5-8,15,17H,3-4,9-13,18H2,1-2H3. The Morgan fingerprint density at radius 2 is 1.95 bits per heavy atom. The molecule has 2 rings (SSSR count). The molecular formula is C17H28N2O. The summed E-state index contributed by atoms with van der Waals surface area (Å²) in [6.45, 7) is 8.27. The van der Waals surface area contributed by atoms with Gasteiger partial charge in [0.05, 0.1) is 6.61 Å². The summed E-state index contributed by atoms with van der Waals surface area (Å²) in [5.74, 6) is 1.56. The number of rotatable bonds is 7. The average Bonchev–Trinajstić information content (AvgIpc) is 2.89. The van der Waals surface area contributed by atoms with Gasteiger partial charge in [0, 0.05) is 6.04 Å². The Morgan fingerprint density at radius 3 is 2.55 bits per heavy atom. The Morgan fingerprint density at radius 1 is 1.20 bits per heavy atom. The summed E-state index contributed by atoms with van der Waals surface area (Å²) in [4.78, 5) is 2.58. The number of hydrogen-bond donors (Lipinski definition) is 1. The van der Waals surface area contributed by atoms with Crippen LogP contribution in [0.3, 0.4) is 0 Å². The maximum atomic E-state index is 5.96. The summed E-state index contributed by atoms with van der Waals surface area (Å²) in [5, 5.41) is 0. The average molecular weight is 276 g/mol. The van der Waals surface area contributed by atoms with E-state index in [1.807, 2.05) is 0 Å². The molecule has 0 radical (unpaired) electrons. The first-order valence-corrected chi connectivity index (χ1v) is 7.97. The largest absolute Gasteiger partial charge is 0.494 e. The fourth-order valence-electron chi connectivity index (χ4n) is 3.18. The summed E-state index contributed by atoms with van der Waals surface area (Å²) in [5.41, 5.74) is 7.35. The van der Waals surface area contributed by atoms with Gasteiger partial charge in [-0.3, -0.25) is 4.90 Å². The van der Waals surface area contributed by atoms with Crippen LogP contribution in [0.5, 0.6) is 5.75 Å². The third kappa shape index (κ3) is 3.53. The molecule has 1 aromatic rings. The highest BCUT2D eigenvalue weighted by molar-refractivity contribution is 5.30. The molecular weight excluding hydrogens is 248 g/mol. The summed E-state index contributed by atoms with van der Waals surface area (Å²) in [7, 11) is 0. The first kappa shape index (κ1) is 15.3. The third-order valence-electron chi connectivity index (χ3n) is 4.14. The van der Waals surface area contributed by atoms with Crippen LogP contribution in [0, 0.1) is 5.92 Å². The molecule has 0 bridgehead atoms. The minimum atomic E-state index is 0.486. The molecule has 0 saturated carbocycles. The highest BCUT2D eigenvalue weighted by atomic mass is 16.5. The van der Waals surface area contributed by atoms with Crippen LogP contribution >= 0.6 is 0 Å². The topological polar surface area (TPSA) is 38.5 Å². The highest BCUT2D eigenvalue weighted by Gasteiger charge is 2.33. The molecule has 0 amide bonds. The van der Waals surface area contributed by atoms with E-state index < -0.39 is 0 Å². The lowest BCUT2D eigenvalue weighted by molar-refractivity contribution is 0.230. The van der Waals surface area contributed by atoms with Crippen molar-refractivity contribution in [1.29, 1.82) is 0 Å². The van der Waals surface area contributed by atoms with Crippen molar-refractivity contribution >= 4 is 0 Å². The van der Waals surface area contributed by atoms with E-state index in [1.54, 1.807) is 0 Å². The SMILES string of the molecule is CCCOc1ccc(C2C(CN)CCN2CCC)cc1. The Labute approximate surface area is 123 Å². The summed E-state index contributed by atoms with van der Waals surface area (Å²) in [6, 6.07) is 9.11. The molecule has 112 valence electrons. The van der Waals surface area contributed by atoms with E-state index in [4.69, 9.17) is 10.5 Å². The predicted molar refractivity (Wildman–Crippen MR) is 84.0 cm³/mol. The Kier molecular flexibility index (Phi) is 5.86. The van der Waals surface area contributed by atoms with Crippen molar-refractivity contribution in [2.45, 2.75) is 39.2 Å². The van der Waals surface area contributed by atoms with Crippen LogP contribution in [0.2, 0.25) is 0 Å². The van der Waals surface area contributed by atoms with Crippen LogP contribution < -0.4 is 10.5 Å². The number of ether oxygens (including phenoxy) is 1. The summed E-state index contributed by atoms with van der Waals surface area (Å²) in [6.07, 6.45) is 3.46. The zero-order valence-electron chi connectivity index (χ0n) is 12.8. The van der Waals surface area contributed by atoms with Crippen LogP contribution in [-0.2, 0) is 0 Å². The Hall–Kier alpha value is -1.06. The van der Waals surface area contributed by atoms with E-state index in [9.17, 15) is 0 Å². The molecule has 1 aromatic carbocycles. The summed E-state index contributed by atoms with van der Waals surface area (Å²) < 4.78 is 5.66. The number of nitrogens with two attached hydrogens (primary N) is 1. The first-order chi connectivity index (χ1) is 9.80. The number of hydrogen-bond acceptors (Lipinski definition) is 3. The van der Waals surface area contributed by atoms with Crippen molar-refractivity contribution in [2.75, 3.05) is 26.2 Å². The molecule has 2 atom stereocenters. The predicted octanol–water partition coefficient (Wildman–Crippen LogP) is 3.21. The summed E-state index contributed by atoms with van der Waals surface area (Å²) >= 11 is 0. The molecule has 1 aliphatic heterocycles. The van der Waals surface area contributed by atoms with Gasteiger partial charge in [-0.15, -0.1) is 0 Å². The molecule has 0 aliphatic carbocycles. The lowest BCUT2D eigenvalue weighted by Crippen LogP contribution is -2.28. The first-order valence-electron chi connectivity index (χ1n) is 7.97. The van der Waals surface area contributed by atoms with Crippen LogP contribution in [0.1, 0.15) is 44.7 Å². The van der Waals surface area contributed by atoms with Gasteiger partial charge < -0.3 is 10.5 Å². The van der Waals surface area contributed by atoms with Gasteiger partial charge in [-0.05, 0) is 62.5 Å². The van der Waals surface area contributed by atoms with Gasteiger partial charge in [-0.2, -0.15) is 0 Å². The van der Waals surface area contributed by atoms with Crippen LogP contribution in [0.15, 0.2) is 24.3 Å². The van der Waals surface area contributed by atoms with Crippen molar-refractivity contribution in [3.63, 3.8) is 0 Å². The molecule has 1 fully saturated rings. The highest BCUT2D eigenvalue weighted by Crippen LogP contribution is 2.37. The molecule has 1 saturated heterocycles. The van der Waals surface area contributed by atoms with Gasteiger partial charge >= 0.3 is 0 Å². The third-order valence-corrected chi connectivity index (χ3v) is 4.14. The van der Waals surface area contributed by atoms with E-state index in [-0.39, 0.29) is 0 Å². The monoisotopic (exact) mass is 276 g/mol. The van der Waals surface area contributed by atoms with Gasteiger partial charge in [0.2, 0.25) is 0 Å². The number of benzene rings is 1. The molecule has 1 heterocycles. The molecule has 3 nitrogen and oxygen atoms in total. The second kappa shape index (κ2) is 7.65. The smallest absolute Gasteiger partial charge is 0.119 e. The molecule has 0 aromatic heterocycles. The molecule has 2 unspecified atom stereocenters. The van der Waals surface area contributed by atoms with E-state index in [1.165, 1.54) is 24.9 Å². The van der Waals surface area contributed by atoms with Gasteiger partial charge in [0.15, 0.2) is 0 Å². The fraction of sp³-hybridized carbons (Fsp3) is 0.647. The van der Waals surface area contributed by atoms with E-state index in [0.717, 1.165) is 31.9 Å². The zero-order chi connectivity index (χ0) is 14.4. The lowest BCUT2D eigenvalue weighted by atomic mass is 9.93. The van der Waals surface area contributed by atoms with Gasteiger partial charge in [-0.25, -0.2) is 0 Å². The second-order valence-electron chi connectivity index (χ2n) is 5.68. The van der Waals surface area contributed by atoms with Crippen molar-refractivity contribution in [3.8, 4) is 5.75 Å².